The van der Waals surface area contributed by atoms with Gasteiger partial charge in [0.15, 0.2) is 5.82 Å². The van der Waals surface area contributed by atoms with Gasteiger partial charge in [-0.3, -0.25) is 0 Å². The predicted molar refractivity (Wildman–Crippen MR) is 98.3 cm³/mol. The first-order valence-electron chi connectivity index (χ1n) is 9.45. The summed E-state index contributed by atoms with van der Waals surface area (Å²) in [6.45, 7) is 5.52. The van der Waals surface area contributed by atoms with E-state index in [0.717, 1.165) is 17.9 Å². The Balaban J connectivity index is 1.48. The van der Waals surface area contributed by atoms with Gasteiger partial charge in [0.1, 0.15) is 0 Å². The smallest absolute Gasteiger partial charge is 0.245 e. The highest BCUT2D eigenvalue weighted by molar-refractivity contribution is 5.45. The highest BCUT2D eigenvalue weighted by Gasteiger charge is 2.13. The average molecular weight is 343 g/mol. The molecule has 0 spiro atoms. The molecular formula is C20H29N3O2. The maximum Gasteiger partial charge on any atom is 0.245 e. The van der Waals surface area contributed by atoms with Gasteiger partial charge in [-0.05, 0) is 36.5 Å². The topological polar surface area (TPSA) is 60.2 Å². The van der Waals surface area contributed by atoms with Crippen molar-refractivity contribution in [2.45, 2.75) is 71.6 Å². The minimum atomic E-state index is 0.433. The maximum absolute atomic E-state index is 6.06. The summed E-state index contributed by atoms with van der Waals surface area (Å²) in [5.74, 6) is 1.93. The average Bonchev–Trinajstić information content (AvgIpc) is 3.06. The third kappa shape index (κ3) is 5.85. The number of aromatic nitrogens is 2. The van der Waals surface area contributed by atoms with Gasteiger partial charge in [-0.25, -0.2) is 0 Å². The zero-order valence-corrected chi connectivity index (χ0v) is 15.3. The Morgan fingerprint density at radius 2 is 2.08 bits per heavy atom. The molecule has 1 aliphatic rings. The van der Waals surface area contributed by atoms with E-state index in [9.17, 15) is 0 Å². The van der Waals surface area contributed by atoms with Crippen LogP contribution in [0.15, 0.2) is 28.8 Å². The first-order chi connectivity index (χ1) is 12.2. The Bertz CT molecular complexity index is 648. The first kappa shape index (κ1) is 17.9. The molecule has 0 bridgehead atoms. The Kier molecular flexibility index (Phi) is 6.45. The molecule has 25 heavy (non-hydrogen) atoms. The van der Waals surface area contributed by atoms with Crippen molar-refractivity contribution in [3.8, 4) is 0 Å². The molecule has 1 aromatic heterocycles. The van der Waals surface area contributed by atoms with Crippen molar-refractivity contribution in [3.63, 3.8) is 0 Å². The second-order valence-corrected chi connectivity index (χ2v) is 7.33. The molecule has 5 heteroatoms. The van der Waals surface area contributed by atoms with Gasteiger partial charge in [-0.15, -0.1) is 0 Å². The van der Waals surface area contributed by atoms with Gasteiger partial charge < -0.3 is 14.6 Å². The second-order valence-electron chi connectivity index (χ2n) is 7.33. The van der Waals surface area contributed by atoms with Gasteiger partial charge in [-0.1, -0.05) is 50.4 Å². The normalized spacial score (nSPS) is 15.6. The molecule has 1 N–H and O–H groups in total. The van der Waals surface area contributed by atoms with E-state index in [1.165, 1.54) is 37.7 Å². The molecule has 0 unspecified atom stereocenters. The van der Waals surface area contributed by atoms with Crippen LogP contribution in [0.3, 0.4) is 0 Å². The lowest BCUT2D eigenvalue weighted by atomic mass is 9.98. The summed E-state index contributed by atoms with van der Waals surface area (Å²) < 4.78 is 11.4. The summed E-state index contributed by atoms with van der Waals surface area (Å²) in [5, 5.41) is 7.38. The minimum Gasteiger partial charge on any atom is -0.376 e. The van der Waals surface area contributed by atoms with Crippen LogP contribution in [0, 0.1) is 5.92 Å². The molecule has 1 fully saturated rings. The summed E-state index contributed by atoms with van der Waals surface area (Å²) >= 11 is 0. The highest BCUT2D eigenvalue weighted by atomic mass is 16.5. The standard InChI is InChI=1S/C20H29N3O2/c1-15(2)11-19-22-20(25-23-19)13-21-17-8-6-7-16(12-17)14-24-18-9-4-3-5-10-18/h6-8,12,15,18,21H,3-5,9-11,13-14H2,1-2H3. The van der Waals surface area contributed by atoms with Crippen LogP contribution in [0.2, 0.25) is 0 Å². The quantitative estimate of drug-likeness (QED) is 0.751. The fourth-order valence-corrected chi connectivity index (χ4v) is 3.20. The lowest BCUT2D eigenvalue weighted by molar-refractivity contribution is 0.0169. The maximum atomic E-state index is 6.06. The van der Waals surface area contributed by atoms with Crippen LogP contribution >= 0.6 is 0 Å². The Morgan fingerprint density at radius 1 is 1.24 bits per heavy atom. The van der Waals surface area contributed by atoms with Crippen LogP contribution in [0.4, 0.5) is 5.69 Å². The van der Waals surface area contributed by atoms with Crippen molar-refractivity contribution in [2.24, 2.45) is 5.92 Å². The Morgan fingerprint density at radius 3 is 2.88 bits per heavy atom. The molecule has 2 aromatic rings. The minimum absolute atomic E-state index is 0.433. The number of rotatable bonds is 8. The third-order valence-electron chi connectivity index (χ3n) is 4.51. The summed E-state index contributed by atoms with van der Waals surface area (Å²) in [6.07, 6.45) is 7.64. The molecule has 0 aliphatic heterocycles. The van der Waals surface area contributed by atoms with Crippen molar-refractivity contribution < 1.29 is 9.26 Å². The largest absolute Gasteiger partial charge is 0.376 e. The van der Waals surface area contributed by atoms with E-state index >= 15 is 0 Å². The number of nitrogens with one attached hydrogen (secondary N) is 1. The van der Waals surface area contributed by atoms with E-state index in [1.54, 1.807) is 0 Å². The van der Waals surface area contributed by atoms with Crippen LogP contribution in [0.25, 0.3) is 0 Å². The Hall–Kier alpha value is -1.88. The lowest BCUT2D eigenvalue weighted by Gasteiger charge is -2.22. The SMILES string of the molecule is CC(C)Cc1noc(CNc2cccc(COC3CCCCC3)c2)n1. The van der Waals surface area contributed by atoms with Gasteiger partial charge >= 0.3 is 0 Å². The van der Waals surface area contributed by atoms with E-state index in [4.69, 9.17) is 9.26 Å². The third-order valence-corrected chi connectivity index (χ3v) is 4.51. The zero-order chi connectivity index (χ0) is 17.5. The molecule has 1 aliphatic carbocycles. The predicted octanol–water partition coefficient (Wildman–Crippen LogP) is 4.73. The molecule has 3 rings (SSSR count). The fraction of sp³-hybridized carbons (Fsp3) is 0.600. The van der Waals surface area contributed by atoms with Gasteiger partial charge in [0, 0.05) is 12.1 Å². The van der Waals surface area contributed by atoms with E-state index in [-0.39, 0.29) is 0 Å². The molecule has 1 aromatic carbocycles. The van der Waals surface area contributed by atoms with Crippen molar-refractivity contribution in [1.29, 1.82) is 0 Å². The van der Waals surface area contributed by atoms with Crippen LogP contribution in [-0.2, 0) is 24.3 Å². The molecule has 5 nitrogen and oxygen atoms in total. The van der Waals surface area contributed by atoms with E-state index < -0.39 is 0 Å². The highest BCUT2D eigenvalue weighted by Crippen LogP contribution is 2.22. The summed E-state index contributed by atoms with van der Waals surface area (Å²) in [6, 6.07) is 8.35. The van der Waals surface area contributed by atoms with Gasteiger partial charge in [0.25, 0.3) is 0 Å². The van der Waals surface area contributed by atoms with Crippen molar-refractivity contribution >= 4 is 5.69 Å². The molecule has 0 amide bonds. The number of ether oxygens (including phenoxy) is 1. The fourth-order valence-electron chi connectivity index (χ4n) is 3.20. The molecule has 0 atom stereocenters. The molecule has 0 radical (unpaired) electrons. The Labute approximate surface area is 150 Å². The first-order valence-corrected chi connectivity index (χ1v) is 9.45. The van der Waals surface area contributed by atoms with Crippen LogP contribution in [-0.4, -0.2) is 16.2 Å². The zero-order valence-electron chi connectivity index (χ0n) is 15.3. The number of nitrogens with zero attached hydrogens (tertiary/aromatic N) is 2. The van der Waals surface area contributed by atoms with E-state index in [2.05, 4.69) is 53.6 Å². The van der Waals surface area contributed by atoms with Crippen molar-refractivity contribution in [1.82, 2.24) is 10.1 Å². The van der Waals surface area contributed by atoms with Crippen LogP contribution < -0.4 is 5.32 Å². The van der Waals surface area contributed by atoms with Crippen molar-refractivity contribution in [2.75, 3.05) is 5.32 Å². The van der Waals surface area contributed by atoms with Crippen molar-refractivity contribution in [3.05, 3.63) is 41.5 Å². The van der Waals surface area contributed by atoms with E-state index in [0.29, 0.717) is 31.1 Å². The molecule has 1 heterocycles. The molecule has 1 saturated carbocycles. The van der Waals surface area contributed by atoms with E-state index in [1.807, 2.05) is 0 Å². The van der Waals surface area contributed by atoms with Crippen LogP contribution in [0.1, 0.15) is 63.2 Å². The van der Waals surface area contributed by atoms with Gasteiger partial charge in [0.2, 0.25) is 5.89 Å². The molecular weight excluding hydrogens is 314 g/mol. The number of hydrogen-bond acceptors (Lipinski definition) is 5. The summed E-state index contributed by atoms with van der Waals surface area (Å²) in [5.41, 5.74) is 2.25. The number of benzene rings is 1. The molecule has 136 valence electrons. The number of hydrogen-bond donors (Lipinski definition) is 1. The second kappa shape index (κ2) is 8.99. The van der Waals surface area contributed by atoms with Gasteiger partial charge in [0.05, 0.1) is 19.3 Å². The summed E-state index contributed by atoms with van der Waals surface area (Å²) in [7, 11) is 0. The van der Waals surface area contributed by atoms with Gasteiger partial charge in [-0.2, -0.15) is 4.98 Å². The monoisotopic (exact) mass is 343 g/mol. The number of anilines is 1. The lowest BCUT2D eigenvalue weighted by Crippen LogP contribution is -2.16. The van der Waals surface area contributed by atoms with Crippen LogP contribution in [0.5, 0.6) is 0 Å². The molecule has 0 saturated heterocycles. The summed E-state index contributed by atoms with van der Waals surface area (Å²) in [4.78, 5) is 4.42.